The topological polar surface area (TPSA) is 64.6 Å². The van der Waals surface area contributed by atoms with Gasteiger partial charge in [-0.2, -0.15) is 0 Å². The second kappa shape index (κ2) is 6.26. The Labute approximate surface area is 123 Å². The molecule has 0 radical (unpaired) electrons. The van der Waals surface area contributed by atoms with E-state index in [4.69, 9.17) is 9.47 Å². The molecule has 0 saturated heterocycles. The number of carbonyl (C=O) groups excluding carboxylic acids is 2. The number of nitrogens with one attached hydrogen (secondary N) is 1. The van der Waals surface area contributed by atoms with Crippen molar-refractivity contribution in [1.82, 2.24) is 5.32 Å². The first-order valence-electron chi connectivity index (χ1n) is 6.54. The van der Waals surface area contributed by atoms with E-state index in [0.717, 1.165) is 5.56 Å². The summed E-state index contributed by atoms with van der Waals surface area (Å²) in [5, 5.41) is 3.09. The van der Waals surface area contributed by atoms with Crippen molar-refractivity contribution >= 4 is 11.9 Å². The summed E-state index contributed by atoms with van der Waals surface area (Å²) in [6, 6.07) is 9.64. The van der Waals surface area contributed by atoms with Gasteiger partial charge in [0, 0.05) is 19.0 Å². The van der Waals surface area contributed by atoms with Gasteiger partial charge >= 0.3 is 11.9 Å². The third-order valence-electron chi connectivity index (χ3n) is 3.24. The van der Waals surface area contributed by atoms with Gasteiger partial charge in [-0.25, -0.2) is 9.59 Å². The second-order valence-corrected chi connectivity index (χ2v) is 4.63. The van der Waals surface area contributed by atoms with Crippen LogP contribution in [0.1, 0.15) is 12.0 Å². The van der Waals surface area contributed by atoms with Crippen molar-refractivity contribution in [2.24, 2.45) is 0 Å². The Balaban J connectivity index is 2.21. The van der Waals surface area contributed by atoms with E-state index in [9.17, 15) is 9.59 Å². The van der Waals surface area contributed by atoms with E-state index in [0.29, 0.717) is 12.2 Å². The first-order chi connectivity index (χ1) is 10.1. The highest BCUT2D eigenvalue weighted by Gasteiger charge is 2.50. The molecule has 1 unspecified atom stereocenters. The zero-order valence-electron chi connectivity index (χ0n) is 11.8. The molecular weight excluding hydrogens is 270 g/mol. The molecule has 0 amide bonds. The van der Waals surface area contributed by atoms with E-state index >= 15 is 0 Å². The van der Waals surface area contributed by atoms with Crippen molar-refractivity contribution in [2.75, 3.05) is 7.11 Å². The lowest BCUT2D eigenvalue weighted by molar-refractivity contribution is -0.170. The van der Waals surface area contributed by atoms with Crippen LogP contribution < -0.4 is 5.32 Å². The van der Waals surface area contributed by atoms with Crippen LogP contribution in [0, 0.1) is 0 Å². The summed E-state index contributed by atoms with van der Waals surface area (Å²) in [5.41, 5.74) is -0.0410. The van der Waals surface area contributed by atoms with E-state index in [1.165, 1.54) is 19.3 Å². The molecule has 0 aliphatic carbocycles. The molecule has 2 rings (SSSR count). The Morgan fingerprint density at radius 3 is 2.76 bits per heavy atom. The molecule has 0 bridgehead atoms. The van der Waals surface area contributed by atoms with Gasteiger partial charge in [0.15, 0.2) is 0 Å². The minimum absolute atomic E-state index is 0.152. The van der Waals surface area contributed by atoms with Gasteiger partial charge in [0.25, 0.3) is 5.60 Å². The number of cyclic esters (lactones) is 1. The van der Waals surface area contributed by atoms with E-state index in [-0.39, 0.29) is 6.42 Å². The quantitative estimate of drug-likeness (QED) is 0.637. The largest absolute Gasteiger partial charge is 0.466 e. The highest BCUT2D eigenvalue weighted by Crippen LogP contribution is 2.32. The highest BCUT2D eigenvalue weighted by atomic mass is 16.6. The van der Waals surface area contributed by atoms with Gasteiger partial charge in [-0.1, -0.05) is 36.4 Å². The fraction of sp³-hybridized carbons (Fsp3) is 0.250. The van der Waals surface area contributed by atoms with Crippen LogP contribution in [0.2, 0.25) is 0 Å². The molecule has 1 aliphatic rings. The minimum atomic E-state index is -1.46. The Bertz CT molecular complexity index is 579. The van der Waals surface area contributed by atoms with Crippen LogP contribution in [-0.4, -0.2) is 24.6 Å². The average Bonchev–Trinajstić information content (AvgIpc) is 2.82. The van der Waals surface area contributed by atoms with Gasteiger partial charge in [0.2, 0.25) is 0 Å². The second-order valence-electron chi connectivity index (χ2n) is 4.63. The monoisotopic (exact) mass is 287 g/mol. The lowest BCUT2D eigenvalue weighted by atomic mass is 9.96. The van der Waals surface area contributed by atoms with Crippen molar-refractivity contribution in [1.29, 1.82) is 0 Å². The molecule has 1 aromatic rings. The fourth-order valence-corrected chi connectivity index (χ4v) is 2.23. The zero-order valence-corrected chi connectivity index (χ0v) is 11.8. The molecular formula is C16H17NO4. The van der Waals surface area contributed by atoms with Gasteiger partial charge in [0.05, 0.1) is 12.8 Å². The molecule has 0 spiro atoms. The van der Waals surface area contributed by atoms with E-state index < -0.39 is 17.5 Å². The summed E-state index contributed by atoms with van der Waals surface area (Å²) < 4.78 is 9.98. The molecule has 1 heterocycles. The van der Waals surface area contributed by atoms with E-state index in [1.54, 1.807) is 0 Å². The van der Waals surface area contributed by atoms with Crippen LogP contribution in [0.4, 0.5) is 0 Å². The standard InChI is InChI=1S/C16H17NO4/c1-3-9-16(15(19)20-2)13(10-14(18)21-16)17-11-12-7-5-4-6-8-12/h3-8,10,17H,1,9,11H2,2H3. The predicted octanol–water partition coefficient (Wildman–Crippen LogP) is 1.70. The van der Waals surface area contributed by atoms with Gasteiger partial charge in [-0.3, -0.25) is 0 Å². The Kier molecular flexibility index (Phi) is 4.42. The van der Waals surface area contributed by atoms with Crippen molar-refractivity contribution < 1.29 is 19.1 Å². The first-order valence-corrected chi connectivity index (χ1v) is 6.54. The lowest BCUT2D eigenvalue weighted by Gasteiger charge is -2.27. The molecule has 1 N–H and O–H groups in total. The first kappa shape index (κ1) is 14.8. The number of hydrogen-bond acceptors (Lipinski definition) is 5. The molecule has 1 atom stereocenters. The molecule has 0 saturated carbocycles. The number of ether oxygens (including phenoxy) is 2. The zero-order chi connectivity index (χ0) is 15.3. The number of esters is 2. The lowest BCUT2D eigenvalue weighted by Crippen LogP contribution is -2.45. The normalized spacial score (nSPS) is 20.4. The van der Waals surface area contributed by atoms with E-state index in [1.807, 2.05) is 30.3 Å². The Hall–Kier alpha value is -2.56. The van der Waals surface area contributed by atoms with Crippen LogP contribution >= 0.6 is 0 Å². The maximum absolute atomic E-state index is 12.1. The van der Waals surface area contributed by atoms with Gasteiger partial charge < -0.3 is 14.8 Å². The molecule has 0 fully saturated rings. The summed E-state index contributed by atoms with van der Waals surface area (Å²) in [7, 11) is 1.26. The van der Waals surface area contributed by atoms with E-state index in [2.05, 4.69) is 11.9 Å². The summed E-state index contributed by atoms with van der Waals surface area (Å²) in [4.78, 5) is 23.7. The molecule has 5 nitrogen and oxygen atoms in total. The molecule has 110 valence electrons. The number of carbonyl (C=O) groups is 2. The minimum Gasteiger partial charge on any atom is -0.466 e. The molecule has 1 aliphatic heterocycles. The van der Waals surface area contributed by atoms with Crippen LogP contribution in [0.15, 0.2) is 54.8 Å². The summed E-state index contributed by atoms with van der Waals surface area (Å²) >= 11 is 0. The summed E-state index contributed by atoms with van der Waals surface area (Å²) in [6.07, 6.45) is 2.95. The number of benzene rings is 1. The number of hydrogen-bond donors (Lipinski definition) is 1. The molecule has 21 heavy (non-hydrogen) atoms. The predicted molar refractivity (Wildman–Crippen MR) is 77.0 cm³/mol. The van der Waals surface area contributed by atoms with Crippen molar-refractivity contribution in [3.8, 4) is 0 Å². The highest BCUT2D eigenvalue weighted by molar-refractivity contribution is 5.96. The maximum atomic E-state index is 12.1. The van der Waals surface area contributed by atoms with Crippen LogP contribution in [0.5, 0.6) is 0 Å². The maximum Gasteiger partial charge on any atom is 0.357 e. The number of methoxy groups -OCH3 is 1. The number of rotatable bonds is 6. The average molecular weight is 287 g/mol. The smallest absolute Gasteiger partial charge is 0.357 e. The van der Waals surface area contributed by atoms with Crippen molar-refractivity contribution in [2.45, 2.75) is 18.6 Å². The van der Waals surface area contributed by atoms with Gasteiger partial charge in [0.1, 0.15) is 0 Å². The SMILES string of the molecule is C=CCC1(C(=O)OC)OC(=O)C=C1NCc1ccccc1. The summed E-state index contributed by atoms with van der Waals surface area (Å²) in [5.74, 6) is -1.20. The van der Waals surface area contributed by atoms with Crippen molar-refractivity contribution in [3.05, 3.63) is 60.3 Å². The fourth-order valence-electron chi connectivity index (χ4n) is 2.23. The van der Waals surface area contributed by atoms with Crippen LogP contribution in [0.3, 0.4) is 0 Å². The molecule has 5 heteroatoms. The Morgan fingerprint density at radius 1 is 1.43 bits per heavy atom. The molecule has 1 aromatic carbocycles. The third kappa shape index (κ3) is 2.97. The Morgan fingerprint density at radius 2 is 2.14 bits per heavy atom. The van der Waals surface area contributed by atoms with Crippen LogP contribution in [0.25, 0.3) is 0 Å². The summed E-state index contributed by atoms with van der Waals surface area (Å²) in [6.45, 7) is 4.08. The van der Waals surface area contributed by atoms with Gasteiger partial charge in [-0.15, -0.1) is 6.58 Å². The van der Waals surface area contributed by atoms with Crippen molar-refractivity contribution in [3.63, 3.8) is 0 Å². The molecule has 0 aromatic heterocycles. The third-order valence-corrected chi connectivity index (χ3v) is 3.24. The van der Waals surface area contributed by atoms with Crippen LogP contribution in [-0.2, 0) is 25.6 Å². The van der Waals surface area contributed by atoms with Gasteiger partial charge in [-0.05, 0) is 5.56 Å².